The monoisotopic (exact) mass is 365 g/mol. The quantitative estimate of drug-likeness (QED) is 0.570. The summed E-state index contributed by atoms with van der Waals surface area (Å²) in [7, 11) is 1.38. The molecule has 0 saturated heterocycles. The van der Waals surface area contributed by atoms with Gasteiger partial charge in [-0.05, 0) is 30.5 Å². The summed E-state index contributed by atoms with van der Waals surface area (Å²) in [5.41, 5.74) is 5.07. The van der Waals surface area contributed by atoms with Gasteiger partial charge in [0.05, 0.1) is 23.7 Å². The zero-order valence-corrected chi connectivity index (χ0v) is 14.2. The van der Waals surface area contributed by atoms with E-state index in [1.807, 2.05) is 0 Å². The van der Waals surface area contributed by atoms with E-state index in [0.29, 0.717) is 5.75 Å². The average Bonchev–Trinajstić information content (AvgIpc) is 3.03. The zero-order chi connectivity index (χ0) is 18.6. The first-order chi connectivity index (χ1) is 11.8. The number of thiophene rings is 1. The van der Waals surface area contributed by atoms with Gasteiger partial charge in [-0.25, -0.2) is 0 Å². The Kier molecular flexibility index (Phi) is 5.55. The lowest BCUT2D eigenvalue weighted by molar-refractivity contribution is -0.386. The number of methoxy groups -OCH3 is 1. The molecule has 10 heteroatoms. The van der Waals surface area contributed by atoms with E-state index in [9.17, 15) is 19.7 Å². The number of carbonyl (C=O) groups excluding carboxylic acids is 2. The summed E-state index contributed by atoms with van der Waals surface area (Å²) in [6, 6.07) is 5.52. The fourth-order valence-electron chi connectivity index (χ4n) is 1.92. The Morgan fingerprint density at radius 3 is 2.68 bits per heavy atom. The molecule has 0 bridgehead atoms. The van der Waals surface area contributed by atoms with E-state index in [4.69, 9.17) is 15.2 Å². The van der Waals surface area contributed by atoms with E-state index < -0.39 is 22.8 Å². The van der Waals surface area contributed by atoms with Gasteiger partial charge in [0.15, 0.2) is 11.9 Å². The van der Waals surface area contributed by atoms with Crippen LogP contribution in [0.2, 0.25) is 0 Å². The lowest BCUT2D eigenvalue weighted by atomic mass is 10.2. The highest BCUT2D eigenvalue weighted by atomic mass is 32.1. The third-order valence-electron chi connectivity index (χ3n) is 3.20. The van der Waals surface area contributed by atoms with Gasteiger partial charge in [0.1, 0.15) is 10.8 Å². The summed E-state index contributed by atoms with van der Waals surface area (Å²) in [6.07, 6.45) is -1.05. The second kappa shape index (κ2) is 7.62. The highest BCUT2D eigenvalue weighted by molar-refractivity contribution is 7.14. The molecule has 1 heterocycles. The Morgan fingerprint density at radius 2 is 2.08 bits per heavy atom. The number of anilines is 1. The van der Waals surface area contributed by atoms with Crippen molar-refractivity contribution in [2.75, 3.05) is 12.4 Å². The Balaban J connectivity index is 2.15. The van der Waals surface area contributed by atoms with Crippen LogP contribution in [0, 0.1) is 10.1 Å². The number of amides is 2. The topological polar surface area (TPSA) is 134 Å². The summed E-state index contributed by atoms with van der Waals surface area (Å²) < 4.78 is 10.3. The predicted octanol–water partition coefficient (Wildman–Crippen LogP) is 2.17. The molecule has 132 valence electrons. The molecule has 3 N–H and O–H groups in total. The molecule has 2 aromatic rings. The van der Waals surface area contributed by atoms with E-state index in [0.717, 1.165) is 11.3 Å². The lowest BCUT2D eigenvalue weighted by Crippen LogP contribution is -2.30. The van der Waals surface area contributed by atoms with Crippen molar-refractivity contribution in [2.24, 2.45) is 5.73 Å². The van der Waals surface area contributed by atoms with Gasteiger partial charge in [-0.2, -0.15) is 0 Å². The number of nitrogens with one attached hydrogen (secondary N) is 1. The maximum absolute atomic E-state index is 12.2. The normalized spacial score (nSPS) is 11.4. The molecule has 1 atom stereocenters. The molecule has 0 aliphatic heterocycles. The Morgan fingerprint density at radius 1 is 1.36 bits per heavy atom. The molecular weight excluding hydrogens is 350 g/mol. The summed E-state index contributed by atoms with van der Waals surface area (Å²) in [4.78, 5) is 34.0. The van der Waals surface area contributed by atoms with Gasteiger partial charge in [-0.3, -0.25) is 19.7 Å². The third kappa shape index (κ3) is 4.23. The van der Waals surface area contributed by atoms with Crippen molar-refractivity contribution >= 4 is 33.8 Å². The summed E-state index contributed by atoms with van der Waals surface area (Å²) in [6.45, 7) is 1.43. The number of rotatable bonds is 7. The van der Waals surface area contributed by atoms with Crippen LogP contribution in [0.3, 0.4) is 0 Å². The van der Waals surface area contributed by atoms with Crippen molar-refractivity contribution in [1.29, 1.82) is 0 Å². The maximum atomic E-state index is 12.2. The second-order valence-corrected chi connectivity index (χ2v) is 5.78. The number of nitro benzene ring substituents is 1. The van der Waals surface area contributed by atoms with Crippen molar-refractivity contribution < 1.29 is 24.0 Å². The molecule has 2 amide bonds. The number of primary amides is 1. The first kappa shape index (κ1) is 18.2. The molecule has 0 aliphatic carbocycles. The van der Waals surface area contributed by atoms with Crippen molar-refractivity contribution in [3.8, 4) is 11.5 Å². The van der Waals surface area contributed by atoms with E-state index in [1.165, 1.54) is 38.3 Å². The summed E-state index contributed by atoms with van der Waals surface area (Å²) in [5, 5.41) is 15.6. The van der Waals surface area contributed by atoms with Gasteiger partial charge >= 0.3 is 5.69 Å². The largest absolute Gasteiger partial charge is 0.496 e. The van der Waals surface area contributed by atoms with Crippen LogP contribution < -0.4 is 20.5 Å². The van der Waals surface area contributed by atoms with Crippen LogP contribution in [0.4, 0.5) is 10.7 Å². The lowest BCUT2D eigenvalue weighted by Gasteiger charge is -2.15. The van der Waals surface area contributed by atoms with Gasteiger partial charge in [-0.1, -0.05) is 0 Å². The van der Waals surface area contributed by atoms with Crippen LogP contribution in [0.25, 0.3) is 0 Å². The van der Waals surface area contributed by atoms with Crippen LogP contribution in [-0.2, 0) is 4.79 Å². The van der Waals surface area contributed by atoms with E-state index in [1.54, 1.807) is 5.38 Å². The first-order valence-corrected chi connectivity index (χ1v) is 7.88. The molecule has 2 rings (SSSR count). The first-order valence-electron chi connectivity index (χ1n) is 7.00. The van der Waals surface area contributed by atoms with Crippen LogP contribution in [0.5, 0.6) is 11.5 Å². The SMILES string of the molecule is COc1ccc(O[C@H](C)C(=O)Nc2sccc2C(N)=O)c([N+](=O)[O-])c1. The number of hydrogen-bond acceptors (Lipinski definition) is 7. The predicted molar refractivity (Wildman–Crippen MR) is 91.2 cm³/mol. The van der Waals surface area contributed by atoms with Gasteiger partial charge in [0.2, 0.25) is 0 Å². The molecule has 0 fully saturated rings. The highest BCUT2D eigenvalue weighted by Gasteiger charge is 2.23. The molecule has 9 nitrogen and oxygen atoms in total. The molecule has 0 aliphatic rings. The number of nitro groups is 1. The Hall–Kier alpha value is -3.14. The Bertz CT molecular complexity index is 819. The molecule has 1 aromatic carbocycles. The average molecular weight is 365 g/mol. The van der Waals surface area contributed by atoms with Crippen molar-refractivity contribution in [2.45, 2.75) is 13.0 Å². The number of carbonyl (C=O) groups is 2. The van der Waals surface area contributed by atoms with Crippen LogP contribution in [-0.4, -0.2) is 30.0 Å². The zero-order valence-electron chi connectivity index (χ0n) is 13.3. The fourth-order valence-corrected chi connectivity index (χ4v) is 2.72. The number of benzene rings is 1. The third-order valence-corrected chi connectivity index (χ3v) is 4.03. The highest BCUT2D eigenvalue weighted by Crippen LogP contribution is 2.32. The van der Waals surface area contributed by atoms with Gasteiger partial charge in [0, 0.05) is 0 Å². The van der Waals surface area contributed by atoms with E-state index in [-0.39, 0.29) is 22.0 Å². The van der Waals surface area contributed by atoms with E-state index >= 15 is 0 Å². The standard InChI is InChI=1S/C15H15N3O6S/c1-8(14(20)17-15-10(13(16)19)5-6-25-15)24-12-4-3-9(23-2)7-11(12)18(21)22/h3-8H,1-2H3,(H2,16,19)(H,17,20)/t8-/m1/s1. The summed E-state index contributed by atoms with van der Waals surface area (Å²) >= 11 is 1.13. The van der Waals surface area contributed by atoms with Crippen molar-refractivity contribution in [1.82, 2.24) is 0 Å². The minimum atomic E-state index is -1.05. The number of hydrogen-bond donors (Lipinski definition) is 2. The fraction of sp³-hybridized carbons (Fsp3) is 0.200. The molecule has 0 unspecified atom stereocenters. The molecule has 25 heavy (non-hydrogen) atoms. The summed E-state index contributed by atoms with van der Waals surface area (Å²) in [5.74, 6) is -1.03. The van der Waals surface area contributed by atoms with Crippen molar-refractivity contribution in [3.05, 3.63) is 45.3 Å². The molecular formula is C15H15N3O6S. The molecule has 0 saturated carbocycles. The second-order valence-electron chi connectivity index (χ2n) is 4.87. The van der Waals surface area contributed by atoms with Gasteiger partial charge in [-0.15, -0.1) is 11.3 Å². The van der Waals surface area contributed by atoms with Crippen molar-refractivity contribution in [3.63, 3.8) is 0 Å². The number of ether oxygens (including phenoxy) is 2. The number of nitrogens with zero attached hydrogens (tertiary/aromatic N) is 1. The minimum absolute atomic E-state index is 0.0743. The maximum Gasteiger partial charge on any atom is 0.314 e. The molecule has 0 radical (unpaired) electrons. The number of nitrogens with two attached hydrogens (primary N) is 1. The smallest absolute Gasteiger partial charge is 0.314 e. The van der Waals surface area contributed by atoms with Crippen LogP contribution in [0.15, 0.2) is 29.6 Å². The molecule has 0 spiro atoms. The van der Waals surface area contributed by atoms with E-state index in [2.05, 4.69) is 5.32 Å². The van der Waals surface area contributed by atoms with Crippen LogP contribution in [0.1, 0.15) is 17.3 Å². The van der Waals surface area contributed by atoms with Gasteiger partial charge in [0.25, 0.3) is 11.8 Å². The molecule has 1 aromatic heterocycles. The van der Waals surface area contributed by atoms with Gasteiger partial charge < -0.3 is 20.5 Å². The minimum Gasteiger partial charge on any atom is -0.496 e. The Labute approximate surface area is 146 Å². The van der Waals surface area contributed by atoms with Crippen LogP contribution >= 0.6 is 11.3 Å².